The third kappa shape index (κ3) is 3.99. The molecule has 7 heteroatoms. The van der Waals surface area contributed by atoms with Gasteiger partial charge in [0.1, 0.15) is 6.26 Å². The molecule has 2 heterocycles. The summed E-state index contributed by atoms with van der Waals surface area (Å²) in [7, 11) is 1.75. The maximum atomic E-state index is 12.3. The highest BCUT2D eigenvalue weighted by atomic mass is 16.3. The first kappa shape index (κ1) is 17.0. The lowest BCUT2D eigenvalue weighted by Crippen LogP contribution is -2.49. The Morgan fingerprint density at radius 1 is 1.36 bits per heavy atom. The smallest absolute Gasteiger partial charge is 0.319 e. The van der Waals surface area contributed by atoms with Gasteiger partial charge in [0.15, 0.2) is 0 Å². The summed E-state index contributed by atoms with van der Waals surface area (Å²) in [6.07, 6.45) is 2.71. The van der Waals surface area contributed by atoms with E-state index >= 15 is 0 Å². The molecular weight excluding hydrogens is 320 g/mol. The SMILES string of the molecule is Cc1coc(-c2ccc(C)c(NC(=O)N[C@@H]3CCC(=O)N(C)C3)c2)n1. The van der Waals surface area contributed by atoms with Crippen molar-refractivity contribution in [3.63, 3.8) is 0 Å². The van der Waals surface area contributed by atoms with Gasteiger partial charge in [0.2, 0.25) is 11.8 Å². The number of likely N-dealkylation sites (tertiary alicyclic amines) is 1. The zero-order valence-corrected chi connectivity index (χ0v) is 14.6. The molecule has 0 spiro atoms. The van der Waals surface area contributed by atoms with Crippen LogP contribution in [0, 0.1) is 13.8 Å². The van der Waals surface area contributed by atoms with Gasteiger partial charge in [-0.15, -0.1) is 0 Å². The Labute approximate surface area is 146 Å². The van der Waals surface area contributed by atoms with E-state index in [-0.39, 0.29) is 18.0 Å². The number of piperidine rings is 1. The van der Waals surface area contributed by atoms with Crippen LogP contribution in [-0.4, -0.2) is 41.5 Å². The molecule has 2 aromatic rings. The number of benzene rings is 1. The van der Waals surface area contributed by atoms with Crippen LogP contribution in [0.4, 0.5) is 10.5 Å². The zero-order valence-electron chi connectivity index (χ0n) is 14.6. The number of hydrogen-bond donors (Lipinski definition) is 2. The fraction of sp³-hybridized carbons (Fsp3) is 0.389. The second-order valence-electron chi connectivity index (χ2n) is 6.43. The quantitative estimate of drug-likeness (QED) is 0.898. The average Bonchev–Trinajstić information content (AvgIpc) is 2.99. The van der Waals surface area contributed by atoms with Crippen LogP contribution in [0.2, 0.25) is 0 Å². The summed E-state index contributed by atoms with van der Waals surface area (Å²) in [6.45, 7) is 4.31. The van der Waals surface area contributed by atoms with Gasteiger partial charge in [-0.25, -0.2) is 9.78 Å². The van der Waals surface area contributed by atoms with E-state index in [0.717, 1.165) is 16.8 Å². The minimum atomic E-state index is -0.281. The summed E-state index contributed by atoms with van der Waals surface area (Å²) >= 11 is 0. The molecule has 1 aliphatic heterocycles. The van der Waals surface area contributed by atoms with Crippen LogP contribution in [0.15, 0.2) is 28.9 Å². The molecule has 3 amide bonds. The first-order valence-electron chi connectivity index (χ1n) is 8.27. The summed E-state index contributed by atoms with van der Waals surface area (Å²) in [6, 6.07) is 5.34. The minimum Gasteiger partial charge on any atom is -0.444 e. The zero-order chi connectivity index (χ0) is 18.0. The monoisotopic (exact) mass is 342 g/mol. The maximum absolute atomic E-state index is 12.3. The Morgan fingerprint density at radius 3 is 2.84 bits per heavy atom. The van der Waals surface area contributed by atoms with Gasteiger partial charge in [0.25, 0.3) is 0 Å². The number of amides is 3. The lowest BCUT2D eigenvalue weighted by Gasteiger charge is -2.30. The van der Waals surface area contributed by atoms with Gasteiger partial charge >= 0.3 is 6.03 Å². The third-order valence-electron chi connectivity index (χ3n) is 4.31. The van der Waals surface area contributed by atoms with E-state index < -0.39 is 0 Å². The van der Waals surface area contributed by atoms with Crippen molar-refractivity contribution in [3.05, 3.63) is 35.7 Å². The minimum absolute atomic E-state index is 0.0411. The van der Waals surface area contributed by atoms with E-state index in [1.54, 1.807) is 18.2 Å². The molecule has 25 heavy (non-hydrogen) atoms. The van der Waals surface area contributed by atoms with Gasteiger partial charge in [-0.05, 0) is 38.0 Å². The van der Waals surface area contributed by atoms with Crippen molar-refractivity contribution in [2.45, 2.75) is 32.7 Å². The van der Waals surface area contributed by atoms with Gasteiger partial charge in [0.05, 0.1) is 5.69 Å². The highest BCUT2D eigenvalue weighted by molar-refractivity contribution is 5.91. The molecule has 0 radical (unpaired) electrons. The van der Waals surface area contributed by atoms with E-state index in [9.17, 15) is 9.59 Å². The topological polar surface area (TPSA) is 87.5 Å². The highest BCUT2D eigenvalue weighted by Gasteiger charge is 2.24. The lowest BCUT2D eigenvalue weighted by atomic mass is 10.1. The van der Waals surface area contributed by atoms with E-state index in [2.05, 4.69) is 15.6 Å². The predicted octanol–water partition coefficient (Wildman–Crippen LogP) is 2.70. The van der Waals surface area contributed by atoms with Crippen LogP contribution in [0.5, 0.6) is 0 Å². The Bertz CT molecular complexity index is 799. The molecule has 1 fully saturated rings. The molecule has 1 aliphatic rings. The van der Waals surface area contributed by atoms with Crippen LogP contribution in [0.25, 0.3) is 11.5 Å². The highest BCUT2D eigenvalue weighted by Crippen LogP contribution is 2.25. The molecule has 0 aliphatic carbocycles. The lowest BCUT2D eigenvalue weighted by molar-refractivity contribution is -0.132. The average molecular weight is 342 g/mol. The number of hydrogen-bond acceptors (Lipinski definition) is 4. The molecule has 0 unspecified atom stereocenters. The fourth-order valence-electron chi connectivity index (χ4n) is 2.85. The number of carbonyl (C=O) groups excluding carboxylic acids is 2. The number of nitrogens with one attached hydrogen (secondary N) is 2. The fourth-order valence-corrected chi connectivity index (χ4v) is 2.85. The van der Waals surface area contributed by atoms with Gasteiger partial charge in [-0.1, -0.05) is 6.07 Å². The Balaban J connectivity index is 1.67. The van der Waals surface area contributed by atoms with Gasteiger partial charge in [0, 0.05) is 37.3 Å². The molecule has 0 bridgehead atoms. The third-order valence-corrected chi connectivity index (χ3v) is 4.31. The summed E-state index contributed by atoms with van der Waals surface area (Å²) in [4.78, 5) is 29.8. The molecule has 1 aromatic heterocycles. The number of aryl methyl sites for hydroxylation is 2. The van der Waals surface area contributed by atoms with Crippen LogP contribution in [-0.2, 0) is 4.79 Å². The number of anilines is 1. The van der Waals surface area contributed by atoms with Crippen molar-refractivity contribution >= 4 is 17.6 Å². The largest absolute Gasteiger partial charge is 0.444 e. The van der Waals surface area contributed by atoms with Crippen LogP contribution in [0.1, 0.15) is 24.1 Å². The number of aromatic nitrogens is 1. The van der Waals surface area contributed by atoms with Crippen molar-refractivity contribution in [3.8, 4) is 11.5 Å². The number of likely N-dealkylation sites (N-methyl/N-ethyl adjacent to an activating group) is 1. The van der Waals surface area contributed by atoms with Crippen LogP contribution in [0.3, 0.4) is 0 Å². The van der Waals surface area contributed by atoms with Crippen molar-refractivity contribution in [2.24, 2.45) is 0 Å². The molecule has 132 valence electrons. The van der Waals surface area contributed by atoms with E-state index in [1.807, 2.05) is 32.0 Å². The maximum Gasteiger partial charge on any atom is 0.319 e. The first-order valence-corrected chi connectivity index (χ1v) is 8.27. The molecule has 1 saturated heterocycles. The van der Waals surface area contributed by atoms with E-state index in [0.29, 0.717) is 31.0 Å². The van der Waals surface area contributed by atoms with Gasteiger partial charge < -0.3 is 20.0 Å². The van der Waals surface area contributed by atoms with E-state index in [4.69, 9.17) is 4.42 Å². The number of nitrogens with zero attached hydrogens (tertiary/aromatic N) is 2. The molecule has 1 aromatic carbocycles. The number of oxazole rings is 1. The summed E-state index contributed by atoms with van der Waals surface area (Å²) in [5.74, 6) is 0.636. The molecule has 0 saturated carbocycles. The van der Waals surface area contributed by atoms with E-state index in [1.165, 1.54) is 0 Å². The van der Waals surface area contributed by atoms with Gasteiger partial charge in [-0.3, -0.25) is 4.79 Å². The Hall–Kier alpha value is -2.83. The predicted molar refractivity (Wildman–Crippen MR) is 94.2 cm³/mol. The number of rotatable bonds is 3. The van der Waals surface area contributed by atoms with Crippen molar-refractivity contribution in [1.82, 2.24) is 15.2 Å². The van der Waals surface area contributed by atoms with Gasteiger partial charge in [-0.2, -0.15) is 0 Å². The Morgan fingerprint density at radius 2 is 2.16 bits per heavy atom. The molecule has 1 atom stereocenters. The summed E-state index contributed by atoms with van der Waals surface area (Å²) in [5.41, 5.74) is 3.25. The van der Waals surface area contributed by atoms with Crippen LogP contribution < -0.4 is 10.6 Å². The molecule has 7 nitrogen and oxygen atoms in total. The Kier molecular flexibility index (Phi) is 4.74. The standard InChI is InChI=1S/C18H22N4O3/c1-11-4-5-13(17-19-12(2)10-25-17)8-15(11)21-18(24)20-14-6-7-16(23)22(3)9-14/h4-5,8,10,14H,6-7,9H2,1-3H3,(H2,20,21,24)/t14-/m1/s1. The van der Waals surface area contributed by atoms with Crippen molar-refractivity contribution < 1.29 is 14.0 Å². The van der Waals surface area contributed by atoms with Crippen molar-refractivity contribution in [1.29, 1.82) is 0 Å². The first-order chi connectivity index (χ1) is 11.9. The van der Waals surface area contributed by atoms with Crippen molar-refractivity contribution in [2.75, 3.05) is 18.9 Å². The van der Waals surface area contributed by atoms with Crippen LogP contribution >= 0.6 is 0 Å². The number of urea groups is 1. The molecule has 2 N–H and O–H groups in total. The summed E-state index contributed by atoms with van der Waals surface area (Å²) < 4.78 is 5.42. The normalized spacial score (nSPS) is 17.5. The second kappa shape index (κ2) is 6.96. The summed E-state index contributed by atoms with van der Waals surface area (Å²) in [5, 5.41) is 5.80. The second-order valence-corrected chi connectivity index (χ2v) is 6.43. The molecule has 3 rings (SSSR count). The molecular formula is C18H22N4O3. The number of carbonyl (C=O) groups is 2.